The Morgan fingerprint density at radius 1 is 1.33 bits per heavy atom. The Morgan fingerprint density at radius 2 is 2.00 bits per heavy atom. The third-order valence-electron chi connectivity index (χ3n) is 2.72. The lowest BCUT2D eigenvalue weighted by Crippen LogP contribution is -2.11. The number of rotatable bonds is 0. The van der Waals surface area contributed by atoms with Crippen LogP contribution in [0.3, 0.4) is 0 Å². The monoisotopic (exact) mass is 180 g/mol. The summed E-state index contributed by atoms with van der Waals surface area (Å²) in [6.07, 6.45) is 1.06. The van der Waals surface area contributed by atoms with E-state index in [-0.39, 0.29) is 10.8 Å². The van der Waals surface area contributed by atoms with Crippen LogP contribution in [0.5, 0.6) is 0 Å². The highest BCUT2D eigenvalue weighted by atomic mass is 35.5. The van der Waals surface area contributed by atoms with E-state index in [2.05, 4.69) is 38.1 Å². The molecule has 1 aromatic rings. The topological polar surface area (TPSA) is 0 Å². The number of alkyl halides is 1. The minimum absolute atomic E-state index is 0.219. The molecule has 0 bridgehead atoms. The van der Waals surface area contributed by atoms with Crippen molar-refractivity contribution in [1.29, 1.82) is 0 Å². The first-order valence-corrected chi connectivity index (χ1v) is 4.78. The van der Waals surface area contributed by atoms with E-state index < -0.39 is 0 Å². The minimum atomic E-state index is 0.219. The normalized spacial score (nSPS) is 25.4. The second-order valence-corrected chi connectivity index (χ2v) is 4.67. The maximum Gasteiger partial charge on any atom is 0.0596 e. The van der Waals surface area contributed by atoms with Crippen molar-refractivity contribution in [2.75, 3.05) is 0 Å². The highest BCUT2D eigenvalue weighted by Gasteiger charge is 2.34. The van der Waals surface area contributed by atoms with Crippen molar-refractivity contribution >= 4 is 11.6 Å². The summed E-state index contributed by atoms with van der Waals surface area (Å²) in [5.74, 6) is 0. The molecule has 0 N–H and O–H groups in total. The van der Waals surface area contributed by atoms with Crippen molar-refractivity contribution in [3.8, 4) is 0 Å². The summed E-state index contributed by atoms with van der Waals surface area (Å²) in [7, 11) is 0. The molecule has 1 unspecified atom stereocenters. The molecule has 1 aromatic carbocycles. The summed E-state index contributed by atoms with van der Waals surface area (Å²) < 4.78 is 0. The van der Waals surface area contributed by atoms with E-state index in [0.717, 1.165) is 6.42 Å². The van der Waals surface area contributed by atoms with E-state index in [1.165, 1.54) is 11.1 Å². The molecule has 2 rings (SSSR count). The van der Waals surface area contributed by atoms with Gasteiger partial charge in [-0.25, -0.2) is 0 Å². The lowest BCUT2D eigenvalue weighted by molar-refractivity contribution is 0.516. The first kappa shape index (κ1) is 8.12. The molecular formula is C11H13Cl. The predicted octanol–water partition coefficient (Wildman–Crippen LogP) is 3.65. The number of fused-ring (bicyclic) bond motifs is 1. The summed E-state index contributed by atoms with van der Waals surface area (Å²) in [6.45, 7) is 4.52. The van der Waals surface area contributed by atoms with E-state index in [9.17, 15) is 0 Å². The van der Waals surface area contributed by atoms with Gasteiger partial charge in [0.1, 0.15) is 0 Å². The maximum atomic E-state index is 6.23. The average Bonchev–Trinajstić information content (AvgIpc) is 2.25. The molecule has 64 valence electrons. The van der Waals surface area contributed by atoms with Crippen molar-refractivity contribution in [3.63, 3.8) is 0 Å². The molecule has 0 aromatic heterocycles. The van der Waals surface area contributed by atoms with Crippen molar-refractivity contribution < 1.29 is 0 Å². The molecule has 1 atom stereocenters. The summed E-state index contributed by atoms with van der Waals surface area (Å²) in [6, 6.07) is 8.49. The molecule has 0 heterocycles. The third kappa shape index (κ3) is 1.06. The first-order valence-electron chi connectivity index (χ1n) is 4.35. The molecule has 0 spiro atoms. The fourth-order valence-corrected chi connectivity index (χ4v) is 2.63. The van der Waals surface area contributed by atoms with Gasteiger partial charge in [0.2, 0.25) is 0 Å². The molecule has 1 aliphatic rings. The molecule has 0 nitrogen and oxygen atoms in total. The summed E-state index contributed by atoms with van der Waals surface area (Å²) in [5.41, 5.74) is 3.01. The van der Waals surface area contributed by atoms with E-state index in [1.807, 2.05) is 0 Å². The molecule has 0 aliphatic heterocycles. The standard InChI is InChI=1S/C11H13Cl/c1-11(2)7-10(12)8-5-3-4-6-9(8)11/h3-6,10H,7H2,1-2H3. The van der Waals surface area contributed by atoms with Crippen LogP contribution in [0.15, 0.2) is 24.3 Å². The smallest absolute Gasteiger partial charge is 0.0596 e. The Bertz CT molecular complexity index is 302. The van der Waals surface area contributed by atoms with Gasteiger partial charge in [0.05, 0.1) is 5.38 Å². The van der Waals surface area contributed by atoms with Gasteiger partial charge in [-0.05, 0) is 23.0 Å². The quantitative estimate of drug-likeness (QED) is 0.535. The van der Waals surface area contributed by atoms with E-state index >= 15 is 0 Å². The zero-order valence-electron chi connectivity index (χ0n) is 7.47. The highest BCUT2D eigenvalue weighted by Crippen LogP contribution is 2.47. The Labute approximate surface area is 78.6 Å². The SMILES string of the molecule is CC1(C)CC(Cl)c2ccccc21. The Kier molecular flexibility index (Phi) is 1.69. The van der Waals surface area contributed by atoms with E-state index in [4.69, 9.17) is 11.6 Å². The van der Waals surface area contributed by atoms with Crippen LogP contribution in [-0.2, 0) is 5.41 Å². The zero-order valence-corrected chi connectivity index (χ0v) is 8.23. The summed E-state index contributed by atoms with van der Waals surface area (Å²) >= 11 is 6.23. The second kappa shape index (κ2) is 2.50. The fourth-order valence-electron chi connectivity index (χ4n) is 2.05. The van der Waals surface area contributed by atoms with Crippen molar-refractivity contribution in [2.24, 2.45) is 0 Å². The molecule has 0 radical (unpaired) electrons. The minimum Gasteiger partial charge on any atom is -0.118 e. The largest absolute Gasteiger partial charge is 0.118 e. The molecule has 0 fully saturated rings. The van der Waals surface area contributed by atoms with Gasteiger partial charge in [-0.1, -0.05) is 38.1 Å². The van der Waals surface area contributed by atoms with Crippen LogP contribution in [0.2, 0.25) is 0 Å². The van der Waals surface area contributed by atoms with Gasteiger partial charge in [-0.2, -0.15) is 0 Å². The van der Waals surface area contributed by atoms with Gasteiger partial charge in [0, 0.05) is 0 Å². The second-order valence-electron chi connectivity index (χ2n) is 4.14. The van der Waals surface area contributed by atoms with E-state index in [0.29, 0.717) is 0 Å². The summed E-state index contributed by atoms with van der Waals surface area (Å²) in [4.78, 5) is 0. The third-order valence-corrected chi connectivity index (χ3v) is 3.11. The van der Waals surface area contributed by atoms with Gasteiger partial charge < -0.3 is 0 Å². The van der Waals surface area contributed by atoms with Crippen molar-refractivity contribution in [1.82, 2.24) is 0 Å². The molecule has 1 heteroatoms. The molecular weight excluding hydrogens is 168 g/mol. The summed E-state index contributed by atoms with van der Waals surface area (Å²) in [5, 5.41) is 0.219. The van der Waals surface area contributed by atoms with Crippen LogP contribution in [0, 0.1) is 0 Å². The number of halogens is 1. The predicted molar refractivity (Wildman–Crippen MR) is 52.7 cm³/mol. The van der Waals surface area contributed by atoms with Crippen LogP contribution in [0.1, 0.15) is 36.8 Å². The molecule has 12 heavy (non-hydrogen) atoms. The molecule has 0 saturated carbocycles. The fraction of sp³-hybridized carbons (Fsp3) is 0.455. The van der Waals surface area contributed by atoms with Gasteiger partial charge in [-0.3, -0.25) is 0 Å². The lowest BCUT2D eigenvalue weighted by Gasteiger charge is -2.18. The highest BCUT2D eigenvalue weighted by molar-refractivity contribution is 6.21. The van der Waals surface area contributed by atoms with Crippen molar-refractivity contribution in [3.05, 3.63) is 35.4 Å². The van der Waals surface area contributed by atoms with Crippen LogP contribution < -0.4 is 0 Å². The molecule has 0 saturated heterocycles. The van der Waals surface area contributed by atoms with E-state index in [1.54, 1.807) is 0 Å². The Balaban J connectivity index is 2.58. The Morgan fingerprint density at radius 3 is 2.67 bits per heavy atom. The molecule has 0 amide bonds. The van der Waals surface area contributed by atoms with Gasteiger partial charge >= 0.3 is 0 Å². The van der Waals surface area contributed by atoms with Crippen LogP contribution >= 0.6 is 11.6 Å². The number of hydrogen-bond donors (Lipinski definition) is 0. The first-order chi connectivity index (χ1) is 5.61. The van der Waals surface area contributed by atoms with Gasteiger partial charge in [-0.15, -0.1) is 11.6 Å². The Hall–Kier alpha value is -0.490. The van der Waals surface area contributed by atoms with Gasteiger partial charge in [0.25, 0.3) is 0 Å². The van der Waals surface area contributed by atoms with Crippen molar-refractivity contribution in [2.45, 2.75) is 31.1 Å². The zero-order chi connectivity index (χ0) is 8.77. The average molecular weight is 181 g/mol. The lowest BCUT2D eigenvalue weighted by atomic mass is 9.87. The number of benzene rings is 1. The van der Waals surface area contributed by atoms with Crippen LogP contribution in [-0.4, -0.2) is 0 Å². The van der Waals surface area contributed by atoms with Crippen LogP contribution in [0.25, 0.3) is 0 Å². The molecule has 1 aliphatic carbocycles. The van der Waals surface area contributed by atoms with Gasteiger partial charge in [0.15, 0.2) is 0 Å². The number of hydrogen-bond acceptors (Lipinski definition) is 0. The maximum absolute atomic E-state index is 6.23. The van der Waals surface area contributed by atoms with Crippen LogP contribution in [0.4, 0.5) is 0 Å².